The van der Waals surface area contributed by atoms with Crippen LogP contribution < -0.4 is 15.1 Å². The minimum atomic E-state index is -4.92. The van der Waals surface area contributed by atoms with Crippen LogP contribution in [0, 0.1) is 18.2 Å². The highest BCUT2D eigenvalue weighted by Gasteiger charge is 2.51. The summed E-state index contributed by atoms with van der Waals surface area (Å²) in [6, 6.07) is 9.45. The number of nitrogens with zero attached hydrogens (tertiary/aromatic N) is 2. The first-order valence-corrected chi connectivity index (χ1v) is 13.2. The Kier molecular flexibility index (Phi) is 11.8. The highest BCUT2D eigenvalue weighted by molar-refractivity contribution is 7.81. The lowest BCUT2D eigenvalue weighted by molar-refractivity contribution is -0.140. The third kappa shape index (κ3) is 6.97. The number of hydrogen-bond acceptors (Lipinski definition) is 3. The summed E-state index contributed by atoms with van der Waals surface area (Å²) in [6.45, 7) is 12.0. The number of nitrogens with one attached hydrogen (secondary N) is 1. The molecule has 1 saturated heterocycles. The van der Waals surface area contributed by atoms with E-state index in [0.717, 1.165) is 29.5 Å². The van der Waals surface area contributed by atoms with Gasteiger partial charge in [0.25, 0.3) is 5.91 Å². The maximum absolute atomic E-state index is 15.1. The van der Waals surface area contributed by atoms with E-state index < -0.39 is 40.1 Å². The predicted molar refractivity (Wildman–Crippen MR) is 154 cm³/mol. The van der Waals surface area contributed by atoms with Crippen LogP contribution in [-0.2, 0) is 22.2 Å². The molecule has 0 unspecified atom stereocenters. The number of rotatable bonds is 6. The summed E-state index contributed by atoms with van der Waals surface area (Å²) >= 11 is 5.49. The molecule has 1 aliphatic rings. The van der Waals surface area contributed by atoms with Crippen LogP contribution in [0.1, 0.15) is 64.7 Å². The predicted octanol–water partition coefficient (Wildman–Crippen LogP) is 7.39. The van der Waals surface area contributed by atoms with E-state index in [-0.39, 0.29) is 16.6 Å². The molecule has 0 aromatic heterocycles. The van der Waals surface area contributed by atoms with Crippen LogP contribution in [0.25, 0.3) is 0 Å². The Balaban J connectivity index is 0.00000191. The molecule has 222 valence electrons. The Hall–Kier alpha value is -3.08. The zero-order valence-electron chi connectivity index (χ0n) is 24.4. The smallest absolute Gasteiger partial charge is 0.359 e. The molecular weight excluding hydrogens is 549 g/mol. The van der Waals surface area contributed by atoms with Crippen molar-refractivity contribution in [3.05, 3.63) is 58.9 Å². The van der Waals surface area contributed by atoms with Gasteiger partial charge in [0.15, 0.2) is 10.9 Å². The molecule has 1 aliphatic heterocycles. The lowest BCUT2D eigenvalue weighted by Crippen LogP contribution is -2.44. The van der Waals surface area contributed by atoms with Gasteiger partial charge in [0.1, 0.15) is 5.54 Å². The van der Waals surface area contributed by atoms with Crippen molar-refractivity contribution >= 4 is 40.5 Å². The normalized spacial score (nSPS) is 14.8. The summed E-state index contributed by atoms with van der Waals surface area (Å²) in [7, 11) is 2.09. The fraction of sp³-hybridized carbons (Fsp3) is 0.483. The average Bonchev–Trinajstić information content (AvgIpc) is 3.07. The molecule has 11 heteroatoms. The van der Waals surface area contributed by atoms with E-state index in [1.807, 2.05) is 39.8 Å². The number of anilines is 2. The number of halogens is 5. The highest BCUT2D eigenvalue weighted by atomic mass is 32.1. The highest BCUT2D eigenvalue weighted by Crippen LogP contribution is 2.41. The van der Waals surface area contributed by atoms with Crippen LogP contribution in [-0.4, -0.2) is 36.7 Å². The molecule has 3 rings (SSSR count). The quantitative estimate of drug-likeness (QED) is 0.283. The summed E-state index contributed by atoms with van der Waals surface area (Å²) in [4.78, 5) is 27.7. The van der Waals surface area contributed by atoms with E-state index in [1.165, 1.54) is 4.90 Å². The Morgan fingerprint density at radius 2 is 1.55 bits per heavy atom. The van der Waals surface area contributed by atoms with Crippen molar-refractivity contribution in [1.29, 1.82) is 0 Å². The maximum atomic E-state index is 15.1. The second kappa shape index (κ2) is 13.5. The van der Waals surface area contributed by atoms with Crippen molar-refractivity contribution in [3.63, 3.8) is 0 Å². The van der Waals surface area contributed by atoms with Crippen LogP contribution in [0.4, 0.5) is 33.3 Å². The largest absolute Gasteiger partial charge is 0.419 e. The number of carbonyl (C=O) groups excluding carboxylic acids is 2. The van der Waals surface area contributed by atoms with Crippen LogP contribution in [0.5, 0.6) is 0 Å². The molecular formula is C29H38F5N3O2S. The maximum Gasteiger partial charge on any atom is 0.419 e. The van der Waals surface area contributed by atoms with Gasteiger partial charge in [-0.05, 0) is 75.2 Å². The van der Waals surface area contributed by atoms with Crippen molar-refractivity contribution < 1.29 is 31.5 Å². The summed E-state index contributed by atoms with van der Waals surface area (Å²) in [6.07, 6.45) is -3.68. The average molecular weight is 588 g/mol. The molecule has 2 aromatic carbocycles. The minimum Gasteiger partial charge on any atom is -0.359 e. The molecule has 0 spiro atoms. The van der Waals surface area contributed by atoms with Crippen LogP contribution >= 0.6 is 12.2 Å². The first-order chi connectivity index (χ1) is 18.5. The van der Waals surface area contributed by atoms with Gasteiger partial charge >= 0.3 is 6.18 Å². The molecule has 2 aromatic rings. The van der Waals surface area contributed by atoms with Gasteiger partial charge in [-0.1, -0.05) is 45.9 Å². The van der Waals surface area contributed by atoms with Crippen molar-refractivity contribution in [2.45, 2.75) is 73.0 Å². The monoisotopic (exact) mass is 587 g/mol. The molecule has 0 saturated carbocycles. The minimum absolute atomic E-state index is 0.0566. The van der Waals surface area contributed by atoms with Crippen molar-refractivity contribution in [2.24, 2.45) is 5.41 Å². The number of aryl methyl sites for hydroxylation is 2. The third-order valence-electron chi connectivity index (χ3n) is 6.60. The summed E-state index contributed by atoms with van der Waals surface area (Å²) in [5.41, 5.74) is -2.56. The summed E-state index contributed by atoms with van der Waals surface area (Å²) in [5.74, 6) is -2.23. The van der Waals surface area contributed by atoms with Gasteiger partial charge in [0, 0.05) is 18.2 Å². The SMILES string of the molecule is CC.CF.CNC(=O)C(C)(C)CCc1ccc(N2C(=S)N(c3ccc(C)c(C(F)(F)F)c3F)C(=O)C2(C)C)cc1. The zero-order chi connectivity index (χ0) is 31.2. The van der Waals surface area contributed by atoms with E-state index in [4.69, 9.17) is 12.2 Å². The van der Waals surface area contributed by atoms with Gasteiger partial charge in [-0.25, -0.2) is 4.39 Å². The van der Waals surface area contributed by atoms with E-state index in [2.05, 4.69) is 5.32 Å². The molecule has 0 aliphatic carbocycles. The van der Waals surface area contributed by atoms with E-state index in [0.29, 0.717) is 25.7 Å². The number of alkyl halides is 4. The number of thiocarbonyl (C=S) groups is 1. The van der Waals surface area contributed by atoms with Gasteiger partial charge in [-0.2, -0.15) is 13.2 Å². The van der Waals surface area contributed by atoms with Gasteiger partial charge in [0.05, 0.1) is 18.4 Å². The molecule has 0 radical (unpaired) electrons. The fourth-order valence-electron chi connectivity index (χ4n) is 4.34. The zero-order valence-corrected chi connectivity index (χ0v) is 25.2. The Bertz CT molecular complexity index is 1210. The van der Waals surface area contributed by atoms with Gasteiger partial charge < -0.3 is 10.2 Å². The third-order valence-corrected chi connectivity index (χ3v) is 6.96. The lowest BCUT2D eigenvalue weighted by Gasteiger charge is -2.29. The van der Waals surface area contributed by atoms with E-state index in [9.17, 15) is 27.2 Å². The molecule has 1 fully saturated rings. The van der Waals surface area contributed by atoms with Crippen molar-refractivity contribution in [3.8, 4) is 0 Å². The lowest BCUT2D eigenvalue weighted by atomic mass is 9.85. The molecule has 0 atom stereocenters. The molecule has 1 N–H and O–H groups in total. The van der Waals surface area contributed by atoms with Crippen molar-refractivity contribution in [1.82, 2.24) is 5.32 Å². The summed E-state index contributed by atoms with van der Waals surface area (Å²) < 4.78 is 65.1. The van der Waals surface area contributed by atoms with Crippen molar-refractivity contribution in [2.75, 3.05) is 24.0 Å². The van der Waals surface area contributed by atoms with Gasteiger partial charge in [0.2, 0.25) is 5.91 Å². The molecule has 1 heterocycles. The van der Waals surface area contributed by atoms with Crippen LogP contribution in [0.2, 0.25) is 0 Å². The number of hydrogen-bond donors (Lipinski definition) is 1. The summed E-state index contributed by atoms with van der Waals surface area (Å²) in [5, 5.41) is 2.54. The fourth-order valence-corrected chi connectivity index (χ4v) is 4.86. The first-order valence-electron chi connectivity index (χ1n) is 12.8. The number of benzene rings is 2. The standard InChI is InChI=1S/C26H29F4N3O2S.C2H6.CH3F/c1-15-7-12-18(20(27)19(15)26(28,29)30)32-22(35)25(4,5)33(23(32)36)17-10-8-16(9-11-17)13-14-24(2,3)21(34)31-6;2*1-2/h7-12H,13-14H2,1-6H3,(H,31,34);1-2H3;1H3. The second-order valence-electron chi connectivity index (χ2n) is 10.0. The van der Waals surface area contributed by atoms with E-state index in [1.54, 1.807) is 33.0 Å². The Morgan fingerprint density at radius 1 is 1.02 bits per heavy atom. The Labute approximate surface area is 238 Å². The number of carbonyl (C=O) groups is 2. The topological polar surface area (TPSA) is 52.7 Å². The van der Waals surface area contributed by atoms with Crippen LogP contribution in [0.15, 0.2) is 36.4 Å². The molecule has 0 bridgehead atoms. The molecule has 5 nitrogen and oxygen atoms in total. The molecule has 2 amide bonds. The van der Waals surface area contributed by atoms with E-state index >= 15 is 4.39 Å². The number of amides is 2. The van der Waals surface area contributed by atoms with Crippen LogP contribution in [0.3, 0.4) is 0 Å². The Morgan fingerprint density at radius 3 is 2.02 bits per heavy atom. The van der Waals surface area contributed by atoms with Gasteiger partial charge in [-0.15, -0.1) is 0 Å². The van der Waals surface area contributed by atoms with Gasteiger partial charge in [-0.3, -0.25) is 18.9 Å². The second-order valence-corrected chi connectivity index (χ2v) is 10.4. The molecule has 40 heavy (non-hydrogen) atoms. The first kappa shape index (κ1) is 34.9.